The molecule has 3 fully saturated rings. The Labute approximate surface area is 189 Å². The molecule has 10 heteroatoms. The van der Waals surface area contributed by atoms with Crippen LogP contribution in [0.15, 0.2) is 48.9 Å². The maximum atomic E-state index is 15.1. The van der Waals surface area contributed by atoms with Gasteiger partial charge in [-0.15, -0.1) is 5.10 Å². The van der Waals surface area contributed by atoms with E-state index in [1.165, 1.54) is 11.0 Å². The first-order valence-electron chi connectivity index (χ1n) is 11.1. The van der Waals surface area contributed by atoms with E-state index in [1.807, 2.05) is 12.1 Å². The number of rotatable bonds is 6. The summed E-state index contributed by atoms with van der Waals surface area (Å²) in [6.07, 6.45) is 4.09. The van der Waals surface area contributed by atoms with E-state index in [-0.39, 0.29) is 11.5 Å². The van der Waals surface area contributed by atoms with Crippen molar-refractivity contribution in [3.63, 3.8) is 0 Å². The molecule has 1 amide bonds. The molecule has 33 heavy (non-hydrogen) atoms. The van der Waals surface area contributed by atoms with E-state index in [1.54, 1.807) is 35.4 Å². The first-order valence-corrected chi connectivity index (χ1v) is 11.1. The van der Waals surface area contributed by atoms with Crippen LogP contribution in [-0.2, 0) is 16.7 Å². The molecule has 6 rings (SSSR count). The second-order valence-electron chi connectivity index (χ2n) is 8.95. The molecule has 1 unspecified atom stereocenters. The Morgan fingerprint density at radius 1 is 1.24 bits per heavy atom. The number of hydrogen-bond donors (Lipinski definition) is 2. The fraction of sp³-hybridized carbons (Fsp3) is 0.391. The summed E-state index contributed by atoms with van der Waals surface area (Å²) in [5.41, 5.74) is 8.63. The maximum Gasteiger partial charge on any atom is 0.414 e. The van der Waals surface area contributed by atoms with Gasteiger partial charge < -0.3 is 15.8 Å². The van der Waals surface area contributed by atoms with Gasteiger partial charge in [-0.3, -0.25) is 9.88 Å². The third-order valence-electron chi connectivity index (χ3n) is 7.32. The van der Waals surface area contributed by atoms with Gasteiger partial charge in [-0.2, -0.15) is 0 Å². The van der Waals surface area contributed by atoms with Gasteiger partial charge in [-0.1, -0.05) is 11.3 Å². The molecule has 4 heterocycles. The zero-order chi connectivity index (χ0) is 22.6. The van der Waals surface area contributed by atoms with Crippen molar-refractivity contribution in [3.05, 3.63) is 60.4 Å². The first kappa shape index (κ1) is 20.3. The Morgan fingerprint density at radius 3 is 2.76 bits per heavy atom. The van der Waals surface area contributed by atoms with Crippen LogP contribution in [0.25, 0.3) is 11.1 Å². The summed E-state index contributed by atoms with van der Waals surface area (Å²) in [4.78, 5) is 18.4. The van der Waals surface area contributed by atoms with Crippen LogP contribution < -0.4 is 16.0 Å². The van der Waals surface area contributed by atoms with Crippen molar-refractivity contribution in [2.45, 2.75) is 18.1 Å². The van der Waals surface area contributed by atoms with E-state index in [9.17, 15) is 4.79 Å². The SMILES string of the molecule is NCC1(c2ccc(-c3ccc(N4C[C@H](Cn5ccnn5)OC4=O)cc3F)cn2)[C@@H]2CNC[C@@H]21. The number of anilines is 1. The maximum absolute atomic E-state index is 15.1. The quantitative estimate of drug-likeness (QED) is 0.587. The topological polar surface area (TPSA) is 111 Å². The van der Waals surface area contributed by atoms with Crippen molar-refractivity contribution < 1.29 is 13.9 Å². The number of fused-ring (bicyclic) bond motifs is 1. The van der Waals surface area contributed by atoms with Gasteiger partial charge in [-0.25, -0.2) is 13.9 Å². The first-order chi connectivity index (χ1) is 16.1. The number of hydrogen-bond acceptors (Lipinski definition) is 7. The Morgan fingerprint density at radius 2 is 2.09 bits per heavy atom. The molecule has 0 spiro atoms. The fourth-order valence-corrected chi connectivity index (χ4v) is 5.54. The summed E-state index contributed by atoms with van der Waals surface area (Å²) < 4.78 is 22.1. The molecular formula is C23H24FN7O2. The summed E-state index contributed by atoms with van der Waals surface area (Å²) in [6, 6.07) is 8.64. The van der Waals surface area contributed by atoms with E-state index in [0.717, 1.165) is 18.8 Å². The number of nitrogens with one attached hydrogen (secondary N) is 1. The average Bonchev–Trinajstić information content (AvgIpc) is 3.35. The highest BCUT2D eigenvalue weighted by atomic mass is 19.1. The second kappa shape index (κ2) is 7.60. The van der Waals surface area contributed by atoms with Gasteiger partial charge in [0.25, 0.3) is 0 Å². The number of cyclic esters (lactones) is 1. The smallest absolute Gasteiger partial charge is 0.414 e. The summed E-state index contributed by atoms with van der Waals surface area (Å²) >= 11 is 0. The predicted octanol–water partition coefficient (Wildman–Crippen LogP) is 1.55. The van der Waals surface area contributed by atoms with Gasteiger partial charge in [0.15, 0.2) is 0 Å². The Kier molecular flexibility index (Phi) is 4.66. The van der Waals surface area contributed by atoms with Crippen LogP contribution in [0.3, 0.4) is 0 Å². The van der Waals surface area contributed by atoms with Gasteiger partial charge in [0.05, 0.1) is 25.0 Å². The number of piperidine rings is 1. The molecule has 0 bridgehead atoms. The zero-order valence-corrected chi connectivity index (χ0v) is 17.9. The lowest BCUT2D eigenvalue weighted by Gasteiger charge is -2.19. The molecule has 2 saturated heterocycles. The van der Waals surface area contributed by atoms with Crippen LogP contribution in [0.1, 0.15) is 5.69 Å². The van der Waals surface area contributed by atoms with E-state index in [0.29, 0.717) is 48.3 Å². The van der Waals surface area contributed by atoms with Gasteiger partial charge >= 0.3 is 6.09 Å². The van der Waals surface area contributed by atoms with Crippen LogP contribution >= 0.6 is 0 Å². The molecule has 0 radical (unpaired) electrons. The number of pyridine rings is 1. The van der Waals surface area contributed by atoms with Crippen LogP contribution in [-0.4, -0.2) is 58.4 Å². The number of ether oxygens (including phenoxy) is 1. The lowest BCUT2D eigenvalue weighted by Crippen LogP contribution is -2.32. The van der Waals surface area contributed by atoms with E-state index < -0.39 is 11.9 Å². The summed E-state index contributed by atoms with van der Waals surface area (Å²) in [5.74, 6) is 0.645. The Bertz CT molecular complexity index is 1170. The second-order valence-corrected chi connectivity index (χ2v) is 8.95. The van der Waals surface area contributed by atoms with Crippen LogP contribution in [0.4, 0.5) is 14.9 Å². The van der Waals surface area contributed by atoms with Crippen LogP contribution in [0, 0.1) is 17.7 Å². The number of nitrogens with zero attached hydrogens (tertiary/aromatic N) is 5. The number of carbonyl (C=O) groups is 1. The number of aromatic nitrogens is 4. The third kappa shape index (κ3) is 3.20. The highest BCUT2D eigenvalue weighted by Crippen LogP contribution is 2.60. The van der Waals surface area contributed by atoms with Crippen molar-refractivity contribution in [2.75, 3.05) is 31.1 Å². The molecule has 1 saturated carbocycles. The van der Waals surface area contributed by atoms with Crippen LogP contribution in [0.5, 0.6) is 0 Å². The zero-order valence-electron chi connectivity index (χ0n) is 17.9. The molecule has 3 aromatic rings. The molecule has 2 aromatic heterocycles. The molecule has 1 aromatic carbocycles. The minimum Gasteiger partial charge on any atom is -0.442 e. The number of amides is 1. The summed E-state index contributed by atoms with van der Waals surface area (Å²) in [7, 11) is 0. The van der Waals surface area contributed by atoms with E-state index in [4.69, 9.17) is 10.5 Å². The molecule has 9 nitrogen and oxygen atoms in total. The third-order valence-corrected chi connectivity index (χ3v) is 7.32. The molecule has 170 valence electrons. The lowest BCUT2D eigenvalue weighted by molar-refractivity contribution is 0.129. The average molecular weight is 449 g/mol. The van der Waals surface area contributed by atoms with Crippen molar-refractivity contribution >= 4 is 11.8 Å². The minimum absolute atomic E-state index is 0.0505. The Balaban J connectivity index is 1.19. The normalized spacial score (nSPS) is 28.1. The Hall–Kier alpha value is -3.37. The predicted molar refractivity (Wildman–Crippen MR) is 118 cm³/mol. The van der Waals surface area contributed by atoms with Crippen LogP contribution in [0.2, 0.25) is 0 Å². The van der Waals surface area contributed by atoms with Crippen molar-refractivity contribution in [3.8, 4) is 11.1 Å². The fourth-order valence-electron chi connectivity index (χ4n) is 5.54. The van der Waals surface area contributed by atoms with Gasteiger partial charge in [0.1, 0.15) is 11.9 Å². The number of benzene rings is 1. The summed E-state index contributed by atoms with van der Waals surface area (Å²) in [6.45, 7) is 3.22. The molecule has 3 aliphatic rings. The number of halogens is 1. The molecule has 3 N–H and O–H groups in total. The van der Waals surface area contributed by atoms with Gasteiger partial charge in [-0.05, 0) is 49.2 Å². The highest BCUT2D eigenvalue weighted by molar-refractivity contribution is 5.90. The van der Waals surface area contributed by atoms with E-state index in [2.05, 4.69) is 20.6 Å². The molecule has 2 aliphatic heterocycles. The molecule has 1 aliphatic carbocycles. The highest BCUT2D eigenvalue weighted by Gasteiger charge is 2.67. The summed E-state index contributed by atoms with van der Waals surface area (Å²) in [5, 5.41) is 11.0. The monoisotopic (exact) mass is 449 g/mol. The number of nitrogens with two attached hydrogens (primary N) is 1. The lowest BCUT2D eigenvalue weighted by atomic mass is 9.94. The van der Waals surface area contributed by atoms with Gasteiger partial charge in [0.2, 0.25) is 0 Å². The minimum atomic E-state index is -0.505. The van der Waals surface area contributed by atoms with Crippen molar-refractivity contribution in [1.29, 1.82) is 0 Å². The van der Waals surface area contributed by atoms with Crippen molar-refractivity contribution in [2.24, 2.45) is 17.6 Å². The van der Waals surface area contributed by atoms with E-state index >= 15 is 4.39 Å². The largest absolute Gasteiger partial charge is 0.442 e. The number of carbonyl (C=O) groups excluding carboxylic acids is 1. The molecule has 4 atom stereocenters. The van der Waals surface area contributed by atoms with Crippen molar-refractivity contribution in [1.82, 2.24) is 25.3 Å². The molecular weight excluding hydrogens is 425 g/mol. The standard InChI is InChI=1S/C23H24FN7O2/c24-20-7-15(31-12-16(33-22(31)32)11-30-6-5-28-29-30)2-3-17(20)14-1-4-21(27-8-14)23(13-25)18-9-26-10-19(18)23/h1-8,16,18-19,26H,9-13,25H2/t16-,18-,19+,23?/m0/s1. The van der Waals surface area contributed by atoms with Gasteiger partial charge in [0, 0.05) is 41.2 Å².